The van der Waals surface area contributed by atoms with Gasteiger partial charge in [-0.1, -0.05) is 0 Å². The third-order valence-corrected chi connectivity index (χ3v) is 3.62. The minimum absolute atomic E-state index is 0.619. The predicted molar refractivity (Wildman–Crippen MR) is 81.1 cm³/mol. The number of hydrogen-bond acceptors (Lipinski definition) is 3. The highest BCUT2D eigenvalue weighted by molar-refractivity contribution is 9.10. The number of benzene rings is 1. The van der Waals surface area contributed by atoms with Gasteiger partial charge in [0, 0.05) is 17.2 Å². The molecule has 4 nitrogen and oxygen atoms in total. The molecule has 1 aromatic carbocycles. The largest absolute Gasteiger partial charge is 0.323 e. The number of aryl methyl sites for hydroxylation is 1. The van der Waals surface area contributed by atoms with E-state index in [1.165, 1.54) is 0 Å². The summed E-state index contributed by atoms with van der Waals surface area (Å²) in [7, 11) is 0. The van der Waals surface area contributed by atoms with Crippen LogP contribution in [0.5, 0.6) is 0 Å². The monoisotopic (exact) mass is 326 g/mol. The van der Waals surface area contributed by atoms with E-state index in [0.29, 0.717) is 5.56 Å². The molecule has 0 N–H and O–H groups in total. The lowest BCUT2D eigenvalue weighted by atomic mass is 10.2. The highest BCUT2D eigenvalue weighted by Gasteiger charge is 2.12. The third-order valence-electron chi connectivity index (χ3n) is 3.15. The van der Waals surface area contributed by atoms with Crippen LogP contribution in [0.15, 0.2) is 41.0 Å². The molecule has 20 heavy (non-hydrogen) atoms. The first-order valence-corrected chi connectivity index (χ1v) is 7.04. The average Bonchev–Trinajstić information content (AvgIpc) is 2.85. The quantitative estimate of drug-likeness (QED) is 0.720. The molecule has 0 fully saturated rings. The molecule has 0 radical (unpaired) electrons. The summed E-state index contributed by atoms with van der Waals surface area (Å²) in [6, 6.07) is 11.6. The molecule has 0 amide bonds. The Kier molecular flexibility index (Phi) is 3.25. The zero-order valence-corrected chi connectivity index (χ0v) is 12.4. The van der Waals surface area contributed by atoms with Crippen LogP contribution in [0.25, 0.3) is 22.6 Å². The van der Waals surface area contributed by atoms with Crippen molar-refractivity contribution in [3.8, 4) is 17.6 Å². The smallest absolute Gasteiger partial charge is 0.159 e. The molecule has 0 unspecified atom stereocenters. The summed E-state index contributed by atoms with van der Waals surface area (Å²) in [5.74, 6) is 0.824. The normalized spacial score (nSPS) is 10.7. The van der Waals surface area contributed by atoms with Crippen LogP contribution in [0, 0.1) is 11.3 Å². The maximum absolute atomic E-state index is 8.98. The second kappa shape index (κ2) is 5.06. The zero-order chi connectivity index (χ0) is 14.1. The lowest BCUT2D eigenvalue weighted by Gasteiger charge is -2.05. The van der Waals surface area contributed by atoms with Crippen molar-refractivity contribution < 1.29 is 0 Å². The summed E-state index contributed by atoms with van der Waals surface area (Å²) in [5.41, 5.74) is 3.29. The van der Waals surface area contributed by atoms with E-state index in [2.05, 4.69) is 43.5 Å². The van der Waals surface area contributed by atoms with Crippen molar-refractivity contribution in [2.24, 2.45) is 0 Å². The molecule has 3 rings (SSSR count). The second-order valence-electron chi connectivity index (χ2n) is 4.36. The molecule has 98 valence electrons. The molecular weight excluding hydrogens is 316 g/mol. The lowest BCUT2D eigenvalue weighted by Crippen LogP contribution is -1.98. The molecule has 5 heteroatoms. The number of hydrogen-bond donors (Lipinski definition) is 0. The van der Waals surface area contributed by atoms with Gasteiger partial charge in [0.25, 0.3) is 0 Å². The Balaban J connectivity index is 2.25. The van der Waals surface area contributed by atoms with Gasteiger partial charge in [0.05, 0.1) is 22.7 Å². The van der Waals surface area contributed by atoms with Crippen LogP contribution < -0.4 is 0 Å². The van der Waals surface area contributed by atoms with Gasteiger partial charge >= 0.3 is 0 Å². The topological polar surface area (TPSA) is 54.5 Å². The third kappa shape index (κ3) is 2.08. The van der Waals surface area contributed by atoms with Crippen molar-refractivity contribution in [1.82, 2.24) is 14.5 Å². The predicted octanol–water partition coefficient (Wildman–Crippen LogP) is 3.75. The molecule has 0 saturated carbocycles. The van der Waals surface area contributed by atoms with Crippen LogP contribution in [0.1, 0.15) is 12.5 Å². The van der Waals surface area contributed by atoms with Gasteiger partial charge < -0.3 is 4.57 Å². The Morgan fingerprint density at radius 1 is 1.30 bits per heavy atom. The molecule has 0 aliphatic rings. The summed E-state index contributed by atoms with van der Waals surface area (Å²) in [6.45, 7) is 2.87. The molecule has 0 bridgehead atoms. The number of nitriles is 1. The summed E-state index contributed by atoms with van der Waals surface area (Å²) < 4.78 is 3.04. The van der Waals surface area contributed by atoms with Crippen molar-refractivity contribution in [2.75, 3.05) is 0 Å². The van der Waals surface area contributed by atoms with Gasteiger partial charge in [0.1, 0.15) is 5.69 Å². The van der Waals surface area contributed by atoms with E-state index in [4.69, 9.17) is 5.26 Å². The highest BCUT2D eigenvalue weighted by Crippen LogP contribution is 2.25. The Morgan fingerprint density at radius 3 is 2.80 bits per heavy atom. The Hall–Kier alpha value is -2.19. The Morgan fingerprint density at radius 2 is 2.15 bits per heavy atom. The van der Waals surface area contributed by atoms with Crippen LogP contribution in [-0.2, 0) is 6.54 Å². The minimum Gasteiger partial charge on any atom is -0.323 e. The highest BCUT2D eigenvalue weighted by atomic mass is 79.9. The minimum atomic E-state index is 0.619. The summed E-state index contributed by atoms with van der Waals surface area (Å²) in [4.78, 5) is 9.03. The van der Waals surface area contributed by atoms with E-state index in [0.717, 1.165) is 33.6 Å². The maximum Gasteiger partial charge on any atom is 0.159 e. The Bertz CT molecular complexity index is 812. The molecule has 0 spiro atoms. The summed E-state index contributed by atoms with van der Waals surface area (Å²) in [5, 5.41) is 8.98. The van der Waals surface area contributed by atoms with Gasteiger partial charge in [-0.15, -0.1) is 0 Å². The first-order chi connectivity index (χ1) is 9.72. The van der Waals surface area contributed by atoms with Crippen LogP contribution in [0.4, 0.5) is 0 Å². The van der Waals surface area contributed by atoms with E-state index in [1.807, 2.05) is 30.3 Å². The van der Waals surface area contributed by atoms with E-state index >= 15 is 0 Å². The first-order valence-electron chi connectivity index (χ1n) is 6.25. The molecule has 2 aromatic heterocycles. The van der Waals surface area contributed by atoms with Gasteiger partial charge in [-0.2, -0.15) is 5.26 Å². The van der Waals surface area contributed by atoms with Crippen molar-refractivity contribution in [2.45, 2.75) is 13.5 Å². The summed E-state index contributed by atoms with van der Waals surface area (Å²) >= 11 is 3.38. The van der Waals surface area contributed by atoms with Crippen molar-refractivity contribution in [3.63, 3.8) is 0 Å². The molecular formula is C15H11BrN4. The van der Waals surface area contributed by atoms with Gasteiger partial charge in [-0.25, -0.2) is 4.98 Å². The SMILES string of the molecule is CCn1c(-c2ccc(Br)cn2)nc2cc(C#N)ccc21. The van der Waals surface area contributed by atoms with E-state index in [1.54, 1.807) is 6.20 Å². The average molecular weight is 327 g/mol. The van der Waals surface area contributed by atoms with Crippen molar-refractivity contribution in [3.05, 3.63) is 46.6 Å². The van der Waals surface area contributed by atoms with E-state index in [9.17, 15) is 0 Å². The fourth-order valence-corrected chi connectivity index (χ4v) is 2.46. The van der Waals surface area contributed by atoms with E-state index < -0.39 is 0 Å². The summed E-state index contributed by atoms with van der Waals surface area (Å²) in [6.07, 6.45) is 1.76. The number of aromatic nitrogens is 3. The second-order valence-corrected chi connectivity index (χ2v) is 5.27. The number of imidazole rings is 1. The van der Waals surface area contributed by atoms with Crippen molar-refractivity contribution >= 4 is 27.0 Å². The number of fused-ring (bicyclic) bond motifs is 1. The van der Waals surface area contributed by atoms with Gasteiger partial charge in [0.2, 0.25) is 0 Å². The number of rotatable bonds is 2. The molecule has 0 saturated heterocycles. The van der Waals surface area contributed by atoms with Gasteiger partial charge in [-0.3, -0.25) is 4.98 Å². The molecule has 0 atom stereocenters. The fraction of sp³-hybridized carbons (Fsp3) is 0.133. The molecule has 3 aromatic rings. The van der Waals surface area contributed by atoms with Crippen LogP contribution in [0.2, 0.25) is 0 Å². The lowest BCUT2D eigenvalue weighted by molar-refractivity contribution is 0.793. The van der Waals surface area contributed by atoms with Crippen LogP contribution >= 0.6 is 15.9 Å². The number of halogens is 1. The van der Waals surface area contributed by atoms with Crippen LogP contribution in [-0.4, -0.2) is 14.5 Å². The molecule has 0 aliphatic heterocycles. The van der Waals surface area contributed by atoms with Crippen molar-refractivity contribution in [1.29, 1.82) is 5.26 Å². The molecule has 0 aliphatic carbocycles. The van der Waals surface area contributed by atoms with Gasteiger partial charge in [-0.05, 0) is 53.2 Å². The van der Waals surface area contributed by atoms with Gasteiger partial charge in [0.15, 0.2) is 5.82 Å². The molecule has 2 heterocycles. The zero-order valence-electron chi connectivity index (χ0n) is 10.8. The maximum atomic E-state index is 8.98. The van der Waals surface area contributed by atoms with Crippen LogP contribution in [0.3, 0.4) is 0 Å². The fourth-order valence-electron chi connectivity index (χ4n) is 2.22. The first kappa shape index (κ1) is 12.8. The number of nitrogens with zero attached hydrogens (tertiary/aromatic N) is 4. The Labute approximate surface area is 124 Å². The standard InChI is InChI=1S/C15H11BrN4/c1-2-20-14-6-3-10(8-17)7-13(14)19-15(20)12-5-4-11(16)9-18-12/h3-7,9H,2H2,1H3. The van der Waals surface area contributed by atoms with E-state index in [-0.39, 0.29) is 0 Å². The number of pyridine rings is 1.